The van der Waals surface area contributed by atoms with E-state index >= 15 is 0 Å². The highest BCUT2D eigenvalue weighted by Crippen LogP contribution is 2.34. The van der Waals surface area contributed by atoms with Gasteiger partial charge < -0.3 is 15.3 Å². The van der Waals surface area contributed by atoms with Crippen LogP contribution in [-0.2, 0) is 4.79 Å². The lowest BCUT2D eigenvalue weighted by Gasteiger charge is -2.26. The van der Waals surface area contributed by atoms with Crippen LogP contribution >= 0.6 is 0 Å². The summed E-state index contributed by atoms with van der Waals surface area (Å²) in [4.78, 5) is 23.7. The third-order valence-corrected chi connectivity index (χ3v) is 2.95. The van der Waals surface area contributed by atoms with Crippen molar-refractivity contribution in [3.63, 3.8) is 0 Å². The van der Waals surface area contributed by atoms with Gasteiger partial charge in [0.05, 0.1) is 0 Å². The van der Waals surface area contributed by atoms with Gasteiger partial charge in [0.1, 0.15) is 6.04 Å². The normalized spacial score (nSPS) is 19.1. The van der Waals surface area contributed by atoms with E-state index in [1.54, 1.807) is 11.9 Å². The summed E-state index contributed by atoms with van der Waals surface area (Å²) >= 11 is 0. The van der Waals surface area contributed by atoms with E-state index < -0.39 is 12.0 Å². The molecule has 5 heteroatoms. The lowest BCUT2D eigenvalue weighted by Crippen LogP contribution is -2.48. The summed E-state index contributed by atoms with van der Waals surface area (Å²) in [6.45, 7) is 3.44. The van der Waals surface area contributed by atoms with Crippen molar-refractivity contribution in [1.82, 2.24) is 10.2 Å². The minimum absolute atomic E-state index is 0.186. The number of nitrogens with zero attached hydrogens (tertiary/aromatic N) is 1. The van der Waals surface area contributed by atoms with Crippen molar-refractivity contribution < 1.29 is 14.7 Å². The Bertz CT molecular complexity index is 263. The SMILES string of the molecule is CC(C1CC1)N(C)C(=O)N[C@H](C)C(=O)O. The fourth-order valence-corrected chi connectivity index (χ4v) is 1.43. The van der Waals surface area contributed by atoms with E-state index in [-0.39, 0.29) is 12.1 Å². The lowest BCUT2D eigenvalue weighted by molar-refractivity contribution is -0.138. The Kier molecular flexibility index (Phi) is 3.55. The Morgan fingerprint density at radius 1 is 1.40 bits per heavy atom. The fraction of sp³-hybridized carbons (Fsp3) is 0.800. The molecule has 0 spiro atoms. The Labute approximate surface area is 89.4 Å². The molecule has 0 bridgehead atoms. The molecule has 0 aromatic heterocycles. The van der Waals surface area contributed by atoms with Crippen molar-refractivity contribution in [2.45, 2.75) is 38.8 Å². The van der Waals surface area contributed by atoms with Gasteiger partial charge in [-0.1, -0.05) is 0 Å². The van der Waals surface area contributed by atoms with Crippen LogP contribution in [0.2, 0.25) is 0 Å². The van der Waals surface area contributed by atoms with Crippen molar-refractivity contribution >= 4 is 12.0 Å². The summed E-state index contributed by atoms with van der Waals surface area (Å²) in [5.41, 5.74) is 0. The second-order valence-electron chi connectivity index (χ2n) is 4.20. The topological polar surface area (TPSA) is 69.6 Å². The van der Waals surface area contributed by atoms with Gasteiger partial charge in [-0.2, -0.15) is 0 Å². The third-order valence-electron chi connectivity index (χ3n) is 2.95. The number of rotatable bonds is 4. The summed E-state index contributed by atoms with van der Waals surface area (Å²) < 4.78 is 0. The maximum absolute atomic E-state index is 11.6. The molecule has 2 N–H and O–H groups in total. The summed E-state index contributed by atoms with van der Waals surface area (Å²) in [7, 11) is 1.70. The molecule has 2 atom stereocenters. The van der Waals surface area contributed by atoms with Gasteiger partial charge in [0.15, 0.2) is 0 Å². The molecule has 1 aliphatic rings. The van der Waals surface area contributed by atoms with Crippen molar-refractivity contribution in [3.05, 3.63) is 0 Å². The molecule has 86 valence electrons. The molecule has 1 saturated carbocycles. The molecule has 1 aliphatic carbocycles. The highest BCUT2D eigenvalue weighted by molar-refractivity contribution is 5.82. The van der Waals surface area contributed by atoms with E-state index in [0.717, 1.165) is 12.8 Å². The number of amides is 2. The molecule has 15 heavy (non-hydrogen) atoms. The van der Waals surface area contributed by atoms with Crippen LogP contribution in [-0.4, -0.2) is 41.1 Å². The summed E-state index contributed by atoms with van der Waals surface area (Å²) in [6, 6.07) is -0.971. The Balaban J connectivity index is 2.41. The molecule has 0 aliphatic heterocycles. The van der Waals surface area contributed by atoms with Gasteiger partial charge in [-0.15, -0.1) is 0 Å². The Hall–Kier alpha value is -1.26. The van der Waals surface area contributed by atoms with Crippen LogP contribution in [0, 0.1) is 5.92 Å². The van der Waals surface area contributed by atoms with Crippen LogP contribution in [0.15, 0.2) is 0 Å². The van der Waals surface area contributed by atoms with Crippen LogP contribution < -0.4 is 5.32 Å². The number of hydrogen-bond acceptors (Lipinski definition) is 2. The maximum Gasteiger partial charge on any atom is 0.325 e. The minimum Gasteiger partial charge on any atom is -0.480 e. The van der Waals surface area contributed by atoms with Crippen LogP contribution in [0.4, 0.5) is 4.79 Å². The number of carboxylic acids is 1. The number of aliphatic carboxylic acids is 1. The maximum atomic E-state index is 11.6. The van der Waals surface area contributed by atoms with Gasteiger partial charge in [0.2, 0.25) is 0 Å². The van der Waals surface area contributed by atoms with Crippen molar-refractivity contribution in [2.24, 2.45) is 5.92 Å². The first-order valence-electron chi connectivity index (χ1n) is 5.19. The highest BCUT2D eigenvalue weighted by Gasteiger charge is 2.32. The molecule has 1 rings (SSSR count). The van der Waals surface area contributed by atoms with Gasteiger partial charge in [-0.25, -0.2) is 4.79 Å². The first-order chi connectivity index (χ1) is 6.93. The molecule has 1 unspecified atom stereocenters. The molecule has 0 heterocycles. The number of carbonyl (C=O) groups is 2. The summed E-state index contributed by atoms with van der Waals surface area (Å²) in [6.07, 6.45) is 2.32. The Morgan fingerprint density at radius 3 is 2.33 bits per heavy atom. The largest absolute Gasteiger partial charge is 0.480 e. The van der Waals surface area contributed by atoms with Crippen LogP contribution in [0.25, 0.3) is 0 Å². The van der Waals surface area contributed by atoms with Crippen LogP contribution in [0.5, 0.6) is 0 Å². The molecule has 2 amide bonds. The third kappa shape index (κ3) is 3.11. The number of carboxylic acid groups (broad SMARTS) is 1. The summed E-state index contributed by atoms with van der Waals surface area (Å²) in [5.74, 6) is -0.434. The number of nitrogens with one attached hydrogen (secondary N) is 1. The van der Waals surface area contributed by atoms with Crippen molar-refractivity contribution in [2.75, 3.05) is 7.05 Å². The van der Waals surface area contributed by atoms with E-state index in [2.05, 4.69) is 5.32 Å². The predicted molar refractivity (Wildman–Crippen MR) is 55.6 cm³/mol. The van der Waals surface area contributed by atoms with Crippen molar-refractivity contribution in [1.29, 1.82) is 0 Å². The van der Waals surface area contributed by atoms with Crippen LogP contribution in [0.3, 0.4) is 0 Å². The number of carbonyl (C=O) groups excluding carboxylic acids is 1. The molecule has 0 aromatic rings. The van der Waals surface area contributed by atoms with E-state index in [1.807, 2.05) is 6.92 Å². The number of hydrogen-bond donors (Lipinski definition) is 2. The predicted octanol–water partition coefficient (Wildman–Crippen LogP) is 0.899. The molecular formula is C10H18N2O3. The van der Waals surface area contributed by atoms with Crippen molar-refractivity contribution in [3.8, 4) is 0 Å². The lowest BCUT2D eigenvalue weighted by atomic mass is 10.2. The van der Waals surface area contributed by atoms with E-state index in [0.29, 0.717) is 5.92 Å². The monoisotopic (exact) mass is 214 g/mol. The van der Waals surface area contributed by atoms with Gasteiger partial charge in [0, 0.05) is 13.1 Å². The van der Waals surface area contributed by atoms with Gasteiger partial charge in [-0.3, -0.25) is 4.79 Å². The molecule has 1 fully saturated rings. The average Bonchev–Trinajstić information content (AvgIpc) is 2.98. The molecule has 0 radical (unpaired) electrons. The second-order valence-corrected chi connectivity index (χ2v) is 4.20. The van der Waals surface area contributed by atoms with Gasteiger partial charge >= 0.3 is 12.0 Å². The molecule has 0 aromatic carbocycles. The zero-order valence-electron chi connectivity index (χ0n) is 9.36. The standard InChI is InChI=1S/C10H18N2O3/c1-6(9(13)14)11-10(15)12(3)7(2)8-4-5-8/h6-8H,4-5H2,1-3H3,(H,11,15)(H,13,14)/t6-,7?/m1/s1. The van der Waals surface area contributed by atoms with Gasteiger partial charge in [0.25, 0.3) is 0 Å². The molecular weight excluding hydrogens is 196 g/mol. The fourth-order valence-electron chi connectivity index (χ4n) is 1.43. The van der Waals surface area contributed by atoms with Crippen LogP contribution in [0.1, 0.15) is 26.7 Å². The zero-order valence-corrected chi connectivity index (χ0v) is 9.36. The quantitative estimate of drug-likeness (QED) is 0.730. The smallest absolute Gasteiger partial charge is 0.325 e. The zero-order chi connectivity index (χ0) is 11.6. The first-order valence-corrected chi connectivity index (χ1v) is 5.19. The Morgan fingerprint density at radius 2 is 1.93 bits per heavy atom. The molecule has 0 saturated heterocycles. The summed E-state index contributed by atoms with van der Waals surface area (Å²) in [5, 5.41) is 11.1. The van der Waals surface area contributed by atoms with E-state index in [4.69, 9.17) is 5.11 Å². The van der Waals surface area contributed by atoms with E-state index in [1.165, 1.54) is 6.92 Å². The molecule has 5 nitrogen and oxygen atoms in total. The average molecular weight is 214 g/mol. The van der Waals surface area contributed by atoms with Gasteiger partial charge in [-0.05, 0) is 32.6 Å². The first kappa shape index (κ1) is 11.8. The number of urea groups is 1. The van der Waals surface area contributed by atoms with E-state index in [9.17, 15) is 9.59 Å². The second kappa shape index (κ2) is 4.51. The highest BCUT2D eigenvalue weighted by atomic mass is 16.4. The minimum atomic E-state index is -1.02.